The third-order valence-electron chi connectivity index (χ3n) is 3.88. The Morgan fingerprint density at radius 1 is 0.750 bits per heavy atom. The predicted molar refractivity (Wildman–Crippen MR) is 89.8 cm³/mol. The molecule has 0 spiro atoms. The van der Waals surface area contributed by atoms with Gasteiger partial charge in [0.15, 0.2) is 23.0 Å². The lowest BCUT2D eigenvalue weighted by Gasteiger charge is -2.23. The number of carbonyl (C=O) groups excluding carboxylic acids is 1. The summed E-state index contributed by atoms with van der Waals surface area (Å²) in [4.78, 5) is 12.1. The highest BCUT2D eigenvalue weighted by molar-refractivity contribution is 5.98. The fourth-order valence-corrected chi connectivity index (χ4v) is 2.77. The number of fused-ring (bicyclic) bond motifs is 2. The van der Waals surface area contributed by atoms with Crippen LogP contribution in [0.3, 0.4) is 0 Å². The van der Waals surface area contributed by atoms with Crippen LogP contribution in [-0.2, 0) is 4.74 Å². The molecule has 0 atom stereocenters. The van der Waals surface area contributed by atoms with Gasteiger partial charge in [-0.05, 0) is 24.3 Å². The first kappa shape index (κ1) is 14.3. The van der Waals surface area contributed by atoms with E-state index in [1.807, 2.05) is 54.6 Å². The largest absolute Gasteiger partial charge is 0.465 e. The first-order valence-electron chi connectivity index (χ1n) is 7.53. The molecule has 4 nitrogen and oxygen atoms in total. The molecule has 0 radical (unpaired) electrons. The van der Waals surface area contributed by atoms with E-state index >= 15 is 0 Å². The molecule has 0 amide bonds. The highest BCUT2D eigenvalue weighted by Crippen LogP contribution is 2.49. The van der Waals surface area contributed by atoms with E-state index in [0.717, 1.165) is 11.1 Å². The van der Waals surface area contributed by atoms with Crippen molar-refractivity contribution in [3.63, 3.8) is 0 Å². The van der Waals surface area contributed by atoms with Crippen LogP contribution in [0, 0.1) is 0 Å². The number of benzene rings is 3. The minimum Gasteiger partial charge on any atom is -0.465 e. The van der Waals surface area contributed by atoms with Crippen molar-refractivity contribution in [3.8, 4) is 34.1 Å². The maximum Gasteiger partial charge on any atom is 0.338 e. The lowest BCUT2D eigenvalue weighted by molar-refractivity contribution is 0.0601. The normalized spacial score (nSPS) is 11.5. The van der Waals surface area contributed by atoms with E-state index in [0.29, 0.717) is 28.6 Å². The fraction of sp³-hybridized carbons (Fsp3) is 0.0500. The van der Waals surface area contributed by atoms with E-state index in [1.54, 1.807) is 12.1 Å². The van der Waals surface area contributed by atoms with E-state index < -0.39 is 0 Å². The second-order valence-corrected chi connectivity index (χ2v) is 5.32. The molecule has 0 aromatic heterocycles. The molecule has 0 saturated carbocycles. The van der Waals surface area contributed by atoms with Crippen LogP contribution in [0.15, 0.2) is 66.7 Å². The van der Waals surface area contributed by atoms with Crippen LogP contribution < -0.4 is 9.47 Å². The first-order chi connectivity index (χ1) is 11.8. The summed E-state index contributed by atoms with van der Waals surface area (Å²) in [6.45, 7) is 0. The Kier molecular flexibility index (Phi) is 3.43. The molecule has 4 rings (SSSR count). The lowest BCUT2D eigenvalue weighted by atomic mass is 9.98. The SMILES string of the molecule is COC(=O)c1ccccc1-c1cccc2c1Oc1ccccc1O2. The van der Waals surface area contributed by atoms with E-state index in [-0.39, 0.29) is 5.97 Å². The van der Waals surface area contributed by atoms with Gasteiger partial charge in [-0.15, -0.1) is 0 Å². The second kappa shape index (κ2) is 5.74. The van der Waals surface area contributed by atoms with Gasteiger partial charge in [0, 0.05) is 11.1 Å². The number of hydrogen-bond donors (Lipinski definition) is 0. The Balaban J connectivity index is 1.87. The molecule has 3 aromatic rings. The molecular formula is C20H14O4. The van der Waals surface area contributed by atoms with Crippen molar-refractivity contribution >= 4 is 5.97 Å². The van der Waals surface area contributed by atoms with Crippen LogP contribution in [0.5, 0.6) is 23.0 Å². The van der Waals surface area contributed by atoms with Gasteiger partial charge in [0.25, 0.3) is 0 Å². The van der Waals surface area contributed by atoms with Gasteiger partial charge in [-0.3, -0.25) is 0 Å². The molecule has 0 aliphatic carbocycles. The average Bonchev–Trinajstić information content (AvgIpc) is 2.65. The minimum absolute atomic E-state index is 0.389. The number of para-hydroxylation sites is 3. The Bertz CT molecular complexity index is 930. The quantitative estimate of drug-likeness (QED) is 0.486. The number of esters is 1. The molecular weight excluding hydrogens is 304 g/mol. The van der Waals surface area contributed by atoms with Crippen LogP contribution in [-0.4, -0.2) is 13.1 Å². The molecule has 1 heterocycles. The summed E-state index contributed by atoms with van der Waals surface area (Å²) in [5.41, 5.74) is 2.00. The van der Waals surface area contributed by atoms with Gasteiger partial charge in [-0.25, -0.2) is 4.79 Å². The maximum absolute atomic E-state index is 12.1. The Hall–Kier alpha value is -3.27. The molecule has 1 aliphatic rings. The van der Waals surface area contributed by atoms with E-state index in [1.165, 1.54) is 7.11 Å². The summed E-state index contributed by atoms with van der Waals surface area (Å²) in [6.07, 6.45) is 0. The van der Waals surface area contributed by atoms with Crippen LogP contribution >= 0.6 is 0 Å². The molecule has 0 saturated heterocycles. The molecule has 1 aliphatic heterocycles. The lowest BCUT2D eigenvalue weighted by Crippen LogP contribution is -2.05. The molecule has 0 fully saturated rings. The predicted octanol–water partition coefficient (Wildman–Crippen LogP) is 5.04. The molecule has 0 unspecified atom stereocenters. The summed E-state index contributed by atoms with van der Waals surface area (Å²) in [7, 11) is 1.37. The number of hydrogen-bond acceptors (Lipinski definition) is 4. The summed E-state index contributed by atoms with van der Waals surface area (Å²) >= 11 is 0. The summed E-state index contributed by atoms with van der Waals surface area (Å²) in [6, 6.07) is 20.4. The maximum atomic E-state index is 12.1. The molecule has 118 valence electrons. The van der Waals surface area contributed by atoms with Crippen LogP contribution in [0.2, 0.25) is 0 Å². The zero-order chi connectivity index (χ0) is 16.5. The van der Waals surface area contributed by atoms with Crippen molar-refractivity contribution in [1.29, 1.82) is 0 Å². The molecule has 0 bridgehead atoms. The van der Waals surface area contributed by atoms with Crippen molar-refractivity contribution in [2.24, 2.45) is 0 Å². The van der Waals surface area contributed by atoms with E-state index in [9.17, 15) is 4.79 Å². The van der Waals surface area contributed by atoms with Crippen molar-refractivity contribution in [1.82, 2.24) is 0 Å². The monoisotopic (exact) mass is 318 g/mol. The van der Waals surface area contributed by atoms with Gasteiger partial charge in [0.1, 0.15) is 0 Å². The third kappa shape index (κ3) is 2.29. The van der Waals surface area contributed by atoms with Gasteiger partial charge in [-0.2, -0.15) is 0 Å². The van der Waals surface area contributed by atoms with Gasteiger partial charge < -0.3 is 14.2 Å². The minimum atomic E-state index is -0.389. The number of rotatable bonds is 2. The van der Waals surface area contributed by atoms with Crippen LogP contribution in [0.25, 0.3) is 11.1 Å². The van der Waals surface area contributed by atoms with Crippen LogP contribution in [0.1, 0.15) is 10.4 Å². The zero-order valence-corrected chi connectivity index (χ0v) is 13.0. The number of carbonyl (C=O) groups is 1. The molecule has 24 heavy (non-hydrogen) atoms. The van der Waals surface area contributed by atoms with Gasteiger partial charge in [0.05, 0.1) is 12.7 Å². The Morgan fingerprint density at radius 2 is 1.38 bits per heavy atom. The zero-order valence-electron chi connectivity index (χ0n) is 13.0. The van der Waals surface area contributed by atoms with Crippen molar-refractivity contribution in [2.45, 2.75) is 0 Å². The van der Waals surface area contributed by atoms with Gasteiger partial charge in [-0.1, -0.05) is 42.5 Å². The topological polar surface area (TPSA) is 44.8 Å². The van der Waals surface area contributed by atoms with Crippen molar-refractivity contribution < 1.29 is 19.0 Å². The molecule has 4 heteroatoms. The first-order valence-corrected chi connectivity index (χ1v) is 7.53. The molecule has 3 aromatic carbocycles. The standard InChI is InChI=1S/C20H14O4/c1-22-20(21)15-8-3-2-7-13(15)14-9-6-12-18-19(14)24-17-11-5-4-10-16(17)23-18/h2-12H,1H3. The van der Waals surface area contributed by atoms with E-state index in [2.05, 4.69) is 0 Å². The number of ether oxygens (including phenoxy) is 3. The van der Waals surface area contributed by atoms with Gasteiger partial charge in [0.2, 0.25) is 0 Å². The highest BCUT2D eigenvalue weighted by Gasteiger charge is 2.24. The number of methoxy groups -OCH3 is 1. The average molecular weight is 318 g/mol. The van der Waals surface area contributed by atoms with E-state index in [4.69, 9.17) is 14.2 Å². The van der Waals surface area contributed by atoms with Crippen LogP contribution in [0.4, 0.5) is 0 Å². The van der Waals surface area contributed by atoms with Gasteiger partial charge >= 0.3 is 5.97 Å². The third-order valence-corrected chi connectivity index (χ3v) is 3.88. The highest BCUT2D eigenvalue weighted by atomic mass is 16.6. The Morgan fingerprint density at radius 3 is 2.17 bits per heavy atom. The summed E-state index contributed by atoms with van der Waals surface area (Å²) < 4.78 is 16.9. The van der Waals surface area contributed by atoms with Crippen molar-refractivity contribution in [3.05, 3.63) is 72.3 Å². The van der Waals surface area contributed by atoms with Crippen molar-refractivity contribution in [2.75, 3.05) is 7.11 Å². The summed E-state index contributed by atoms with van der Waals surface area (Å²) in [5, 5.41) is 0. The Labute approximate surface area is 139 Å². The molecule has 0 N–H and O–H groups in total. The fourth-order valence-electron chi connectivity index (χ4n) is 2.77. The smallest absolute Gasteiger partial charge is 0.338 e. The summed E-state index contributed by atoms with van der Waals surface area (Å²) in [5.74, 6) is 2.13. The second-order valence-electron chi connectivity index (χ2n) is 5.32.